The molecule has 0 fully saturated rings. The zero-order valence-corrected chi connectivity index (χ0v) is 22.3. The van der Waals surface area contributed by atoms with Crippen LogP contribution in [0.4, 0.5) is 0 Å². The standard InChI is InChI=1S/C27H31Cl2NO5/c1-14(2)12-33-26(31)22-16(5)30-17(6)23(27(32)34-13-15(3)4)24(22)21-11-10-20(35-21)18-8-7-9-19(28)25(18)29/h7-11,14-15,24,30H,12-13H2,1-6H3. The predicted molar refractivity (Wildman–Crippen MR) is 137 cm³/mol. The van der Waals surface area contributed by atoms with Gasteiger partial charge in [-0.05, 0) is 49.9 Å². The lowest BCUT2D eigenvalue weighted by atomic mass is 9.83. The zero-order valence-electron chi connectivity index (χ0n) is 20.8. The summed E-state index contributed by atoms with van der Waals surface area (Å²) in [5.74, 6) is -0.688. The van der Waals surface area contributed by atoms with Crippen LogP contribution in [0, 0.1) is 11.8 Å². The van der Waals surface area contributed by atoms with Crippen LogP contribution >= 0.6 is 23.2 Å². The molecule has 2 heterocycles. The lowest BCUT2D eigenvalue weighted by Crippen LogP contribution is -2.33. The Balaban J connectivity index is 2.10. The number of hydrogen-bond acceptors (Lipinski definition) is 6. The second-order valence-corrected chi connectivity index (χ2v) is 10.2. The van der Waals surface area contributed by atoms with Gasteiger partial charge >= 0.3 is 11.9 Å². The number of hydrogen-bond donors (Lipinski definition) is 1. The molecule has 0 radical (unpaired) electrons. The first-order valence-corrected chi connectivity index (χ1v) is 12.3. The molecule has 35 heavy (non-hydrogen) atoms. The van der Waals surface area contributed by atoms with Crippen LogP contribution in [-0.2, 0) is 19.1 Å². The summed E-state index contributed by atoms with van der Waals surface area (Å²) in [5.41, 5.74) is 2.37. The molecular formula is C27H31Cl2NO5. The molecule has 6 nitrogen and oxygen atoms in total. The van der Waals surface area contributed by atoms with E-state index >= 15 is 0 Å². The average molecular weight is 520 g/mol. The molecular weight excluding hydrogens is 489 g/mol. The van der Waals surface area contributed by atoms with Gasteiger partial charge in [-0.3, -0.25) is 0 Å². The van der Waals surface area contributed by atoms with Gasteiger partial charge in [0.15, 0.2) is 0 Å². The van der Waals surface area contributed by atoms with Gasteiger partial charge in [0.25, 0.3) is 0 Å². The highest BCUT2D eigenvalue weighted by atomic mass is 35.5. The van der Waals surface area contributed by atoms with Crippen molar-refractivity contribution in [2.45, 2.75) is 47.5 Å². The third kappa shape index (κ3) is 6.11. The monoisotopic (exact) mass is 519 g/mol. The van der Waals surface area contributed by atoms with E-state index in [9.17, 15) is 9.59 Å². The largest absolute Gasteiger partial charge is 0.462 e. The molecule has 1 aliphatic rings. The van der Waals surface area contributed by atoms with E-state index in [1.165, 1.54) is 0 Å². The fourth-order valence-corrected chi connectivity index (χ4v) is 4.20. The van der Waals surface area contributed by atoms with Crippen molar-refractivity contribution in [3.05, 3.63) is 68.7 Å². The molecule has 1 aliphatic heterocycles. The minimum Gasteiger partial charge on any atom is -0.462 e. The zero-order chi connectivity index (χ0) is 25.9. The van der Waals surface area contributed by atoms with Gasteiger partial charge in [0, 0.05) is 17.0 Å². The number of nitrogens with one attached hydrogen (secondary N) is 1. The van der Waals surface area contributed by atoms with E-state index in [2.05, 4.69) is 5.32 Å². The van der Waals surface area contributed by atoms with E-state index in [1.807, 2.05) is 27.7 Å². The Morgan fingerprint density at radius 1 is 0.914 bits per heavy atom. The van der Waals surface area contributed by atoms with Crippen molar-refractivity contribution < 1.29 is 23.5 Å². The summed E-state index contributed by atoms with van der Waals surface area (Å²) in [7, 11) is 0. The molecule has 0 aliphatic carbocycles. The smallest absolute Gasteiger partial charge is 0.336 e. The third-order valence-corrected chi connectivity index (χ3v) is 6.24. The van der Waals surface area contributed by atoms with Crippen molar-refractivity contribution in [2.24, 2.45) is 11.8 Å². The summed E-state index contributed by atoms with van der Waals surface area (Å²) in [6, 6.07) is 8.72. The molecule has 0 amide bonds. The number of esters is 2. The van der Waals surface area contributed by atoms with Crippen LogP contribution in [0.15, 0.2) is 57.3 Å². The van der Waals surface area contributed by atoms with E-state index in [-0.39, 0.29) is 25.0 Å². The second-order valence-electron chi connectivity index (χ2n) is 9.42. The molecule has 3 rings (SSSR count). The van der Waals surface area contributed by atoms with Crippen LogP contribution in [0.25, 0.3) is 11.3 Å². The van der Waals surface area contributed by atoms with E-state index in [0.717, 1.165) is 0 Å². The van der Waals surface area contributed by atoms with Gasteiger partial charge in [0.2, 0.25) is 0 Å². The topological polar surface area (TPSA) is 77.8 Å². The first kappa shape index (κ1) is 26.9. The van der Waals surface area contributed by atoms with Gasteiger partial charge in [0.05, 0.1) is 40.3 Å². The lowest BCUT2D eigenvalue weighted by Gasteiger charge is -2.29. The average Bonchev–Trinajstić information content (AvgIpc) is 3.26. The predicted octanol–water partition coefficient (Wildman–Crippen LogP) is 6.89. The number of benzene rings is 1. The van der Waals surface area contributed by atoms with Gasteiger partial charge in [-0.15, -0.1) is 0 Å². The minimum atomic E-state index is -0.817. The molecule has 1 aromatic heterocycles. The molecule has 0 saturated heterocycles. The molecule has 0 saturated carbocycles. The van der Waals surface area contributed by atoms with Gasteiger partial charge in [0.1, 0.15) is 11.5 Å². The van der Waals surface area contributed by atoms with Crippen molar-refractivity contribution in [1.29, 1.82) is 0 Å². The Morgan fingerprint density at radius 2 is 1.46 bits per heavy atom. The number of allylic oxidation sites excluding steroid dienone is 2. The number of rotatable bonds is 8. The summed E-state index contributed by atoms with van der Waals surface area (Å²) >= 11 is 12.6. The Bertz CT molecular complexity index is 1130. The summed E-state index contributed by atoms with van der Waals surface area (Å²) < 4.78 is 17.3. The second kappa shape index (κ2) is 11.4. The Kier molecular flexibility index (Phi) is 8.73. The number of carbonyl (C=O) groups is 2. The molecule has 0 spiro atoms. The Hall–Kier alpha value is -2.70. The van der Waals surface area contributed by atoms with E-state index in [1.54, 1.807) is 44.2 Å². The highest BCUT2D eigenvalue weighted by Gasteiger charge is 2.40. The van der Waals surface area contributed by atoms with Crippen molar-refractivity contribution in [3.63, 3.8) is 0 Å². The SMILES string of the molecule is CC1=C(C(=O)OCC(C)C)C(c2ccc(-c3cccc(Cl)c3Cl)o2)C(C(=O)OCC(C)C)=C(C)N1. The summed E-state index contributed by atoms with van der Waals surface area (Å²) in [5, 5.41) is 3.90. The number of carbonyl (C=O) groups excluding carboxylic acids is 2. The first-order chi connectivity index (χ1) is 16.5. The molecule has 188 valence electrons. The van der Waals surface area contributed by atoms with Crippen LogP contribution in [0.3, 0.4) is 0 Å². The quantitative estimate of drug-likeness (QED) is 0.382. The minimum absolute atomic E-state index is 0.155. The summed E-state index contributed by atoms with van der Waals surface area (Å²) in [6.07, 6.45) is 0. The molecule has 2 aromatic rings. The van der Waals surface area contributed by atoms with E-state index in [4.69, 9.17) is 37.1 Å². The highest BCUT2D eigenvalue weighted by Crippen LogP contribution is 2.42. The molecule has 0 unspecified atom stereocenters. The molecule has 8 heteroatoms. The fourth-order valence-electron chi connectivity index (χ4n) is 3.81. The number of furan rings is 1. The van der Waals surface area contributed by atoms with Crippen molar-refractivity contribution in [1.82, 2.24) is 5.32 Å². The number of halogens is 2. The lowest BCUT2D eigenvalue weighted by molar-refractivity contribution is -0.141. The van der Waals surface area contributed by atoms with E-state index in [0.29, 0.717) is 49.7 Å². The molecule has 1 N–H and O–H groups in total. The van der Waals surface area contributed by atoms with Crippen LogP contribution in [-0.4, -0.2) is 25.2 Å². The van der Waals surface area contributed by atoms with E-state index < -0.39 is 17.9 Å². The first-order valence-electron chi connectivity index (χ1n) is 11.6. The molecule has 1 aromatic carbocycles. The third-order valence-electron chi connectivity index (χ3n) is 5.42. The fraction of sp³-hybridized carbons (Fsp3) is 0.407. The summed E-state index contributed by atoms with van der Waals surface area (Å²) in [4.78, 5) is 26.5. The van der Waals surface area contributed by atoms with Crippen molar-refractivity contribution in [3.8, 4) is 11.3 Å². The van der Waals surface area contributed by atoms with Gasteiger partial charge in [-0.25, -0.2) is 9.59 Å². The summed E-state index contributed by atoms with van der Waals surface area (Å²) in [6.45, 7) is 11.9. The van der Waals surface area contributed by atoms with Gasteiger partial charge in [-0.2, -0.15) is 0 Å². The number of ether oxygens (including phenoxy) is 2. The molecule has 0 atom stereocenters. The van der Waals surface area contributed by atoms with Crippen LogP contribution < -0.4 is 5.32 Å². The Morgan fingerprint density at radius 3 is 1.97 bits per heavy atom. The number of dihydropyridines is 1. The maximum Gasteiger partial charge on any atom is 0.336 e. The maximum atomic E-state index is 13.2. The van der Waals surface area contributed by atoms with Crippen molar-refractivity contribution >= 4 is 35.1 Å². The van der Waals surface area contributed by atoms with Crippen molar-refractivity contribution in [2.75, 3.05) is 13.2 Å². The molecule has 0 bridgehead atoms. The Labute approximate surface area is 216 Å². The van der Waals surface area contributed by atoms with Gasteiger partial charge in [-0.1, -0.05) is 57.0 Å². The highest BCUT2D eigenvalue weighted by molar-refractivity contribution is 6.43. The van der Waals surface area contributed by atoms with Crippen LogP contribution in [0.5, 0.6) is 0 Å². The van der Waals surface area contributed by atoms with Gasteiger partial charge < -0.3 is 19.2 Å². The van der Waals surface area contributed by atoms with Crippen LogP contribution in [0.1, 0.15) is 53.2 Å². The van der Waals surface area contributed by atoms with Crippen LogP contribution in [0.2, 0.25) is 10.0 Å². The maximum absolute atomic E-state index is 13.2. The normalized spacial score (nSPS) is 14.6.